The van der Waals surface area contributed by atoms with Crippen molar-refractivity contribution >= 4 is 21.1 Å². The zero-order valence-corrected chi connectivity index (χ0v) is 19.4. The normalized spacial score (nSPS) is 15.8. The van der Waals surface area contributed by atoms with Crippen molar-refractivity contribution in [3.05, 3.63) is 81.9 Å². The number of hydrogen-bond acceptors (Lipinski definition) is 4. The number of aromatic nitrogens is 3. The number of benzene rings is 2. The predicted molar refractivity (Wildman–Crippen MR) is 129 cm³/mol. The van der Waals surface area contributed by atoms with Crippen LogP contribution in [-0.2, 0) is 10.0 Å². The van der Waals surface area contributed by atoms with E-state index in [0.717, 1.165) is 29.7 Å². The molecule has 1 aliphatic heterocycles. The molecule has 7 nitrogen and oxygen atoms in total. The van der Waals surface area contributed by atoms with Crippen molar-refractivity contribution in [1.82, 2.24) is 19.3 Å². The van der Waals surface area contributed by atoms with E-state index < -0.39 is 10.0 Å². The summed E-state index contributed by atoms with van der Waals surface area (Å²) in [4.78, 5) is 21.6. The largest absolute Gasteiger partial charge is 0.323 e. The number of nitrogens with zero attached hydrogens (tertiary/aromatic N) is 2. The van der Waals surface area contributed by atoms with E-state index in [1.165, 1.54) is 21.5 Å². The van der Waals surface area contributed by atoms with Gasteiger partial charge in [0.05, 0.1) is 21.6 Å². The first-order valence-electron chi connectivity index (χ1n) is 11.1. The number of pyridine rings is 1. The van der Waals surface area contributed by atoms with Crippen LogP contribution in [0.3, 0.4) is 0 Å². The monoisotopic (exact) mass is 462 g/mol. The Morgan fingerprint density at radius 2 is 1.73 bits per heavy atom. The number of piperidine rings is 1. The Kier molecular flexibility index (Phi) is 5.42. The summed E-state index contributed by atoms with van der Waals surface area (Å²) in [6.45, 7) is 5.12. The van der Waals surface area contributed by atoms with Gasteiger partial charge in [0.2, 0.25) is 10.0 Å². The summed E-state index contributed by atoms with van der Waals surface area (Å²) in [5, 5.41) is 0. The van der Waals surface area contributed by atoms with Crippen LogP contribution in [0.4, 0.5) is 0 Å². The highest BCUT2D eigenvalue weighted by atomic mass is 32.2. The first-order chi connectivity index (χ1) is 15.8. The van der Waals surface area contributed by atoms with Gasteiger partial charge in [-0.1, -0.05) is 24.3 Å². The van der Waals surface area contributed by atoms with Crippen molar-refractivity contribution in [2.75, 3.05) is 13.1 Å². The highest BCUT2D eigenvalue weighted by molar-refractivity contribution is 7.89. The maximum Gasteiger partial charge on any atom is 0.323 e. The van der Waals surface area contributed by atoms with E-state index >= 15 is 0 Å². The van der Waals surface area contributed by atoms with Crippen molar-refractivity contribution in [1.29, 1.82) is 0 Å². The van der Waals surface area contributed by atoms with Crippen molar-refractivity contribution in [2.45, 2.75) is 37.5 Å². The quantitative estimate of drug-likeness (QED) is 0.477. The molecule has 0 spiro atoms. The number of fused-ring (bicyclic) bond motifs is 1. The smallest absolute Gasteiger partial charge is 0.306 e. The Balaban J connectivity index is 1.30. The van der Waals surface area contributed by atoms with Gasteiger partial charge in [-0.2, -0.15) is 4.31 Å². The molecule has 3 heterocycles. The molecule has 1 saturated heterocycles. The SMILES string of the molecule is Cc1cccc(-c2ccc(C3CCN(S(=O)(=O)c4ccc5[nH]c(=O)[nH]c5c4)CC3)cn2)c1C. The van der Waals surface area contributed by atoms with E-state index in [9.17, 15) is 13.2 Å². The van der Waals surface area contributed by atoms with Crippen LogP contribution in [0.1, 0.15) is 35.4 Å². The average molecular weight is 463 g/mol. The lowest BCUT2D eigenvalue weighted by Crippen LogP contribution is -2.37. The van der Waals surface area contributed by atoms with Crippen LogP contribution >= 0.6 is 0 Å². The topological polar surface area (TPSA) is 98.9 Å². The van der Waals surface area contributed by atoms with E-state index in [2.05, 4.69) is 54.1 Å². The fourth-order valence-electron chi connectivity index (χ4n) is 4.59. The van der Waals surface area contributed by atoms with Crippen molar-refractivity contribution in [3.8, 4) is 11.3 Å². The summed E-state index contributed by atoms with van der Waals surface area (Å²) in [5.74, 6) is 0.278. The second-order valence-corrected chi connectivity index (χ2v) is 10.6. The standard InChI is InChI=1S/C25H26N4O3S/c1-16-4-3-5-21(17(16)2)22-8-6-19(15-26-22)18-10-12-29(13-11-18)33(31,32)20-7-9-23-24(14-20)28-25(30)27-23/h3-9,14-15,18H,10-13H2,1-2H3,(H2,27,28,30). The lowest BCUT2D eigenvalue weighted by molar-refractivity contribution is 0.319. The maximum atomic E-state index is 13.2. The van der Waals surface area contributed by atoms with Crippen LogP contribution in [0, 0.1) is 13.8 Å². The van der Waals surface area contributed by atoms with Gasteiger partial charge in [-0.15, -0.1) is 0 Å². The second kappa shape index (κ2) is 8.28. The molecule has 0 amide bonds. The molecule has 5 rings (SSSR count). The molecule has 0 unspecified atom stereocenters. The summed E-state index contributed by atoms with van der Waals surface area (Å²) in [6.07, 6.45) is 3.42. The minimum absolute atomic E-state index is 0.197. The van der Waals surface area contributed by atoms with Gasteiger partial charge < -0.3 is 9.97 Å². The average Bonchev–Trinajstić information content (AvgIpc) is 3.20. The molecule has 2 aromatic carbocycles. The summed E-state index contributed by atoms with van der Waals surface area (Å²) in [5.41, 5.74) is 6.46. The van der Waals surface area contributed by atoms with Gasteiger partial charge in [-0.25, -0.2) is 13.2 Å². The van der Waals surface area contributed by atoms with E-state index in [0.29, 0.717) is 24.1 Å². The number of H-pyrrole nitrogens is 2. The molecule has 4 aromatic rings. The van der Waals surface area contributed by atoms with Crippen LogP contribution < -0.4 is 5.69 Å². The summed E-state index contributed by atoms with van der Waals surface area (Å²) in [6, 6.07) is 15.1. The third kappa shape index (κ3) is 4.00. The van der Waals surface area contributed by atoms with Crippen molar-refractivity contribution in [3.63, 3.8) is 0 Å². The third-order valence-electron chi connectivity index (χ3n) is 6.72. The molecule has 8 heteroatoms. The number of aryl methyl sites for hydroxylation is 1. The Morgan fingerprint density at radius 1 is 0.970 bits per heavy atom. The molecule has 0 atom stereocenters. The zero-order valence-electron chi connectivity index (χ0n) is 18.6. The van der Waals surface area contributed by atoms with Crippen molar-refractivity contribution < 1.29 is 8.42 Å². The van der Waals surface area contributed by atoms with E-state index in [1.54, 1.807) is 12.1 Å². The number of sulfonamides is 1. The number of hydrogen-bond donors (Lipinski definition) is 2. The lowest BCUT2D eigenvalue weighted by atomic mass is 9.91. The highest BCUT2D eigenvalue weighted by Gasteiger charge is 2.30. The second-order valence-electron chi connectivity index (χ2n) is 8.69. The van der Waals surface area contributed by atoms with E-state index in [1.807, 2.05) is 6.20 Å². The molecule has 0 radical (unpaired) electrons. The Labute approximate surface area is 192 Å². The highest BCUT2D eigenvalue weighted by Crippen LogP contribution is 2.32. The first kappa shape index (κ1) is 21.6. The van der Waals surface area contributed by atoms with Gasteiger partial charge in [0.1, 0.15) is 0 Å². The predicted octanol–water partition coefficient (Wildman–Crippen LogP) is 4.10. The van der Waals surface area contributed by atoms with Gasteiger partial charge in [-0.3, -0.25) is 4.98 Å². The molecule has 1 fully saturated rings. The van der Waals surface area contributed by atoms with Gasteiger partial charge >= 0.3 is 5.69 Å². The summed E-state index contributed by atoms with van der Waals surface area (Å²) >= 11 is 0. The van der Waals surface area contributed by atoms with Gasteiger partial charge in [0.25, 0.3) is 0 Å². The Bertz CT molecular complexity index is 1480. The van der Waals surface area contributed by atoms with Gasteiger partial charge in [0, 0.05) is 24.8 Å². The number of nitrogens with one attached hydrogen (secondary N) is 2. The van der Waals surface area contributed by atoms with Crippen molar-refractivity contribution in [2.24, 2.45) is 0 Å². The Morgan fingerprint density at radius 3 is 2.45 bits per heavy atom. The fourth-order valence-corrected chi connectivity index (χ4v) is 6.08. The minimum Gasteiger partial charge on any atom is -0.306 e. The summed E-state index contributed by atoms with van der Waals surface area (Å²) in [7, 11) is -3.62. The molecule has 0 saturated carbocycles. The first-order valence-corrected chi connectivity index (χ1v) is 12.5. The van der Waals surface area contributed by atoms with Crippen LogP contribution in [0.2, 0.25) is 0 Å². The molecule has 1 aliphatic rings. The molecule has 170 valence electrons. The third-order valence-corrected chi connectivity index (χ3v) is 8.61. The summed E-state index contributed by atoms with van der Waals surface area (Å²) < 4.78 is 27.8. The van der Waals surface area contributed by atoms with Gasteiger partial charge in [-0.05, 0) is 73.6 Å². The molecular formula is C25H26N4O3S. The van der Waals surface area contributed by atoms with Gasteiger partial charge in [0.15, 0.2) is 0 Å². The lowest BCUT2D eigenvalue weighted by Gasteiger charge is -2.31. The maximum absolute atomic E-state index is 13.2. The zero-order chi connectivity index (χ0) is 23.2. The van der Waals surface area contributed by atoms with Crippen LogP contribution in [0.25, 0.3) is 22.3 Å². The van der Waals surface area contributed by atoms with E-state index in [-0.39, 0.29) is 16.5 Å². The molecule has 2 N–H and O–H groups in total. The Hall–Kier alpha value is -3.23. The number of rotatable bonds is 4. The molecule has 0 aliphatic carbocycles. The number of aromatic amines is 2. The van der Waals surface area contributed by atoms with Crippen LogP contribution in [-0.4, -0.2) is 40.8 Å². The van der Waals surface area contributed by atoms with Crippen LogP contribution in [0.15, 0.2) is 64.4 Å². The van der Waals surface area contributed by atoms with Crippen LogP contribution in [0.5, 0.6) is 0 Å². The number of imidazole rings is 1. The molecule has 33 heavy (non-hydrogen) atoms. The molecular weight excluding hydrogens is 436 g/mol. The van der Waals surface area contributed by atoms with E-state index in [4.69, 9.17) is 4.98 Å². The molecule has 0 bridgehead atoms. The fraction of sp³-hybridized carbons (Fsp3) is 0.280. The molecule has 2 aromatic heterocycles. The minimum atomic E-state index is -3.62.